The van der Waals surface area contributed by atoms with Gasteiger partial charge in [-0.25, -0.2) is 4.98 Å². The summed E-state index contributed by atoms with van der Waals surface area (Å²) in [5.41, 5.74) is 0. The molecule has 0 unspecified atom stereocenters. The number of hydrogen-bond acceptors (Lipinski definition) is 3. The third-order valence-corrected chi connectivity index (χ3v) is 2.43. The second-order valence-electron chi connectivity index (χ2n) is 3.12. The Morgan fingerprint density at radius 3 is 2.69 bits per heavy atom. The molecule has 0 atom stereocenters. The van der Waals surface area contributed by atoms with Crippen molar-refractivity contribution in [2.45, 2.75) is 6.61 Å². The molecule has 4 nitrogen and oxygen atoms in total. The third kappa shape index (κ3) is 2.55. The van der Waals surface area contributed by atoms with E-state index in [9.17, 15) is 0 Å². The highest BCUT2D eigenvalue weighted by atomic mass is 79.9. The van der Waals surface area contributed by atoms with Gasteiger partial charge in [-0.3, -0.25) is 0 Å². The zero-order valence-corrected chi connectivity index (χ0v) is 10.3. The minimum Gasteiger partial charge on any atom is -0.493 e. The summed E-state index contributed by atoms with van der Waals surface area (Å²) in [6.45, 7) is 0.381. The number of para-hydroxylation sites is 2. The molecular weight excluding hydrogens is 272 g/mol. The summed E-state index contributed by atoms with van der Waals surface area (Å²) in [6.07, 6.45) is 1.70. The monoisotopic (exact) mass is 282 g/mol. The Bertz CT molecular complexity index is 471. The molecule has 0 saturated carbocycles. The molecule has 5 heteroatoms. The Kier molecular flexibility index (Phi) is 3.46. The summed E-state index contributed by atoms with van der Waals surface area (Å²) in [5, 5.41) is 0. The first-order valence-electron chi connectivity index (χ1n) is 4.75. The molecule has 1 heterocycles. The maximum absolute atomic E-state index is 5.59. The lowest BCUT2D eigenvalue weighted by molar-refractivity contribution is 0.277. The zero-order chi connectivity index (χ0) is 11.4. The van der Waals surface area contributed by atoms with Gasteiger partial charge in [0.2, 0.25) is 0 Å². The molecule has 2 aromatic rings. The molecule has 0 aliphatic heterocycles. The molecule has 2 rings (SSSR count). The lowest BCUT2D eigenvalue weighted by atomic mass is 10.3. The molecule has 0 aliphatic carbocycles. The van der Waals surface area contributed by atoms with Gasteiger partial charge in [0, 0.05) is 0 Å². The van der Waals surface area contributed by atoms with Crippen LogP contribution in [-0.4, -0.2) is 17.1 Å². The van der Waals surface area contributed by atoms with Gasteiger partial charge in [-0.15, -0.1) is 0 Å². The summed E-state index contributed by atoms with van der Waals surface area (Å²) in [5.74, 6) is 2.18. The number of aromatic amines is 1. The first-order valence-corrected chi connectivity index (χ1v) is 5.54. The quantitative estimate of drug-likeness (QED) is 0.938. The number of imidazole rings is 1. The Morgan fingerprint density at radius 1 is 1.31 bits per heavy atom. The molecule has 1 N–H and O–H groups in total. The summed E-state index contributed by atoms with van der Waals surface area (Å²) in [7, 11) is 1.62. The maximum Gasteiger partial charge on any atom is 0.161 e. The number of benzene rings is 1. The van der Waals surface area contributed by atoms with E-state index in [2.05, 4.69) is 25.9 Å². The van der Waals surface area contributed by atoms with Crippen molar-refractivity contribution in [3.8, 4) is 11.5 Å². The van der Waals surface area contributed by atoms with E-state index in [4.69, 9.17) is 9.47 Å². The van der Waals surface area contributed by atoms with E-state index < -0.39 is 0 Å². The van der Waals surface area contributed by atoms with Gasteiger partial charge in [-0.05, 0) is 28.1 Å². The van der Waals surface area contributed by atoms with Crippen molar-refractivity contribution < 1.29 is 9.47 Å². The zero-order valence-electron chi connectivity index (χ0n) is 8.74. The summed E-state index contributed by atoms with van der Waals surface area (Å²) in [6, 6.07) is 7.51. The number of hydrogen-bond donors (Lipinski definition) is 1. The standard InChI is InChI=1S/C11H11BrN2O2/c1-15-8-4-2-3-5-9(8)16-7-11-13-6-10(12)14-11/h2-6H,7H2,1H3,(H,13,14). The number of H-pyrrole nitrogens is 1. The van der Waals surface area contributed by atoms with Crippen LogP contribution in [0.15, 0.2) is 35.1 Å². The first-order chi connectivity index (χ1) is 7.79. The number of ether oxygens (including phenoxy) is 2. The largest absolute Gasteiger partial charge is 0.493 e. The molecular formula is C11H11BrN2O2. The van der Waals surface area contributed by atoms with Crippen LogP contribution in [-0.2, 0) is 6.61 Å². The van der Waals surface area contributed by atoms with Crippen LogP contribution in [0.4, 0.5) is 0 Å². The van der Waals surface area contributed by atoms with Crippen molar-refractivity contribution in [1.29, 1.82) is 0 Å². The third-order valence-electron chi connectivity index (χ3n) is 2.03. The van der Waals surface area contributed by atoms with Crippen LogP contribution in [0, 0.1) is 0 Å². The SMILES string of the molecule is COc1ccccc1OCc1ncc(Br)[nH]1. The average Bonchev–Trinajstić information content (AvgIpc) is 2.73. The Balaban J connectivity index is 2.04. The van der Waals surface area contributed by atoms with Crippen molar-refractivity contribution >= 4 is 15.9 Å². The van der Waals surface area contributed by atoms with E-state index >= 15 is 0 Å². The number of rotatable bonds is 4. The van der Waals surface area contributed by atoms with Crippen molar-refractivity contribution in [3.63, 3.8) is 0 Å². The Morgan fingerprint density at radius 2 is 2.06 bits per heavy atom. The highest BCUT2D eigenvalue weighted by molar-refractivity contribution is 9.10. The second-order valence-corrected chi connectivity index (χ2v) is 3.97. The molecule has 0 radical (unpaired) electrons. The van der Waals surface area contributed by atoms with Crippen LogP contribution < -0.4 is 9.47 Å². The van der Waals surface area contributed by atoms with Crippen molar-refractivity contribution in [1.82, 2.24) is 9.97 Å². The number of nitrogens with zero attached hydrogens (tertiary/aromatic N) is 1. The van der Waals surface area contributed by atoms with Crippen LogP contribution in [0.3, 0.4) is 0 Å². The van der Waals surface area contributed by atoms with E-state index in [0.717, 1.165) is 10.4 Å². The highest BCUT2D eigenvalue weighted by Crippen LogP contribution is 2.26. The number of aromatic nitrogens is 2. The first kappa shape index (κ1) is 11.0. The van der Waals surface area contributed by atoms with Gasteiger partial charge in [0.25, 0.3) is 0 Å². The predicted molar refractivity (Wildman–Crippen MR) is 63.6 cm³/mol. The molecule has 1 aromatic heterocycles. The fraction of sp³-hybridized carbons (Fsp3) is 0.182. The molecule has 0 saturated heterocycles. The topological polar surface area (TPSA) is 47.1 Å². The van der Waals surface area contributed by atoms with Crippen LogP contribution in [0.1, 0.15) is 5.82 Å². The molecule has 16 heavy (non-hydrogen) atoms. The normalized spacial score (nSPS) is 10.1. The maximum atomic E-state index is 5.59. The Labute approximate surface area is 102 Å². The minimum absolute atomic E-state index is 0.381. The minimum atomic E-state index is 0.381. The van der Waals surface area contributed by atoms with E-state index in [1.165, 1.54) is 0 Å². The molecule has 1 aromatic carbocycles. The van der Waals surface area contributed by atoms with Gasteiger partial charge in [0.05, 0.1) is 13.3 Å². The number of halogens is 1. The molecule has 84 valence electrons. The fourth-order valence-electron chi connectivity index (χ4n) is 1.29. The van der Waals surface area contributed by atoms with Gasteiger partial charge in [-0.1, -0.05) is 12.1 Å². The van der Waals surface area contributed by atoms with Crippen molar-refractivity contribution in [2.75, 3.05) is 7.11 Å². The average molecular weight is 283 g/mol. The van der Waals surface area contributed by atoms with E-state index in [1.54, 1.807) is 13.3 Å². The van der Waals surface area contributed by atoms with Gasteiger partial charge >= 0.3 is 0 Å². The molecule has 0 spiro atoms. The lowest BCUT2D eigenvalue weighted by Gasteiger charge is -2.08. The molecule has 0 amide bonds. The Hall–Kier alpha value is -1.49. The van der Waals surface area contributed by atoms with Crippen LogP contribution >= 0.6 is 15.9 Å². The van der Waals surface area contributed by atoms with E-state index in [1.807, 2.05) is 24.3 Å². The van der Waals surface area contributed by atoms with Gasteiger partial charge < -0.3 is 14.5 Å². The van der Waals surface area contributed by atoms with Crippen LogP contribution in [0.2, 0.25) is 0 Å². The summed E-state index contributed by atoms with van der Waals surface area (Å²) >= 11 is 3.29. The van der Waals surface area contributed by atoms with E-state index in [-0.39, 0.29) is 0 Å². The molecule has 0 fully saturated rings. The van der Waals surface area contributed by atoms with Crippen molar-refractivity contribution in [3.05, 3.63) is 40.9 Å². The summed E-state index contributed by atoms with van der Waals surface area (Å²) < 4.78 is 11.6. The second kappa shape index (κ2) is 5.03. The van der Waals surface area contributed by atoms with Crippen LogP contribution in [0.25, 0.3) is 0 Å². The smallest absolute Gasteiger partial charge is 0.161 e. The molecule has 0 aliphatic rings. The fourth-order valence-corrected chi connectivity index (χ4v) is 1.63. The predicted octanol–water partition coefficient (Wildman–Crippen LogP) is 2.76. The van der Waals surface area contributed by atoms with Gasteiger partial charge in [0.15, 0.2) is 11.5 Å². The highest BCUT2D eigenvalue weighted by Gasteiger charge is 2.04. The number of nitrogens with one attached hydrogen (secondary N) is 1. The number of methoxy groups -OCH3 is 1. The molecule has 0 bridgehead atoms. The lowest BCUT2D eigenvalue weighted by Crippen LogP contribution is -1.99. The van der Waals surface area contributed by atoms with E-state index in [0.29, 0.717) is 18.1 Å². The van der Waals surface area contributed by atoms with Gasteiger partial charge in [0.1, 0.15) is 17.0 Å². The van der Waals surface area contributed by atoms with Crippen LogP contribution in [0.5, 0.6) is 11.5 Å². The summed E-state index contributed by atoms with van der Waals surface area (Å²) in [4.78, 5) is 7.14. The van der Waals surface area contributed by atoms with Gasteiger partial charge in [-0.2, -0.15) is 0 Å². The van der Waals surface area contributed by atoms with Crippen molar-refractivity contribution in [2.24, 2.45) is 0 Å².